The number of ether oxygens (including phenoxy) is 1. The van der Waals surface area contributed by atoms with Crippen molar-refractivity contribution in [3.8, 4) is 5.75 Å². The van der Waals surface area contributed by atoms with Crippen molar-refractivity contribution in [1.82, 2.24) is 5.32 Å². The molecule has 1 atom stereocenters. The third-order valence-corrected chi connectivity index (χ3v) is 3.82. The largest absolute Gasteiger partial charge is 0.493 e. The fraction of sp³-hybridized carbons (Fsp3) is 0.571. The van der Waals surface area contributed by atoms with Gasteiger partial charge in [0.15, 0.2) is 0 Å². The Balaban J connectivity index is 2.46. The summed E-state index contributed by atoms with van der Waals surface area (Å²) in [5.74, 6) is 0.994. The number of nitrogens with one attached hydrogen (secondary N) is 1. The first-order chi connectivity index (χ1) is 8.00. The van der Waals surface area contributed by atoms with Crippen molar-refractivity contribution < 1.29 is 4.74 Å². The third-order valence-electron chi connectivity index (χ3n) is 3.24. The topological polar surface area (TPSA) is 21.3 Å². The fourth-order valence-electron chi connectivity index (χ4n) is 2.49. The van der Waals surface area contributed by atoms with Crippen LogP contribution in [-0.4, -0.2) is 12.6 Å². The van der Waals surface area contributed by atoms with Gasteiger partial charge in [0.2, 0.25) is 0 Å². The molecule has 0 spiro atoms. The standard InChI is InChI=1S/C14H20ClNO/c1-8(2)16-11-5-6-17-12-7-9(3)14(15)10(4)13(11)12/h7-8,11,16H,5-6H2,1-4H3. The van der Waals surface area contributed by atoms with Gasteiger partial charge in [0.1, 0.15) is 5.75 Å². The van der Waals surface area contributed by atoms with Gasteiger partial charge < -0.3 is 10.1 Å². The van der Waals surface area contributed by atoms with Crippen molar-refractivity contribution in [2.75, 3.05) is 6.61 Å². The van der Waals surface area contributed by atoms with Crippen LogP contribution in [0.2, 0.25) is 5.02 Å². The summed E-state index contributed by atoms with van der Waals surface area (Å²) in [7, 11) is 0. The maximum absolute atomic E-state index is 6.33. The Morgan fingerprint density at radius 1 is 1.41 bits per heavy atom. The first-order valence-electron chi connectivity index (χ1n) is 6.19. The molecule has 0 radical (unpaired) electrons. The fourth-order valence-corrected chi connectivity index (χ4v) is 2.65. The van der Waals surface area contributed by atoms with Crippen molar-refractivity contribution in [1.29, 1.82) is 0 Å². The Morgan fingerprint density at radius 2 is 2.12 bits per heavy atom. The predicted molar refractivity (Wildman–Crippen MR) is 72.1 cm³/mol. The summed E-state index contributed by atoms with van der Waals surface area (Å²) in [5, 5.41) is 4.45. The van der Waals surface area contributed by atoms with Crippen LogP contribution < -0.4 is 10.1 Å². The van der Waals surface area contributed by atoms with Gasteiger partial charge in [-0.3, -0.25) is 0 Å². The van der Waals surface area contributed by atoms with Gasteiger partial charge in [-0.15, -0.1) is 0 Å². The lowest BCUT2D eigenvalue weighted by molar-refractivity contribution is 0.246. The molecule has 3 heteroatoms. The van der Waals surface area contributed by atoms with E-state index in [0.29, 0.717) is 12.1 Å². The number of rotatable bonds is 2. The molecule has 0 saturated carbocycles. The van der Waals surface area contributed by atoms with Gasteiger partial charge >= 0.3 is 0 Å². The highest BCUT2D eigenvalue weighted by Gasteiger charge is 2.25. The van der Waals surface area contributed by atoms with Crippen molar-refractivity contribution in [3.63, 3.8) is 0 Å². The van der Waals surface area contributed by atoms with Crippen LogP contribution in [-0.2, 0) is 0 Å². The van der Waals surface area contributed by atoms with Crippen molar-refractivity contribution in [3.05, 3.63) is 27.8 Å². The smallest absolute Gasteiger partial charge is 0.124 e. The van der Waals surface area contributed by atoms with Crippen LogP contribution in [0.1, 0.15) is 43.0 Å². The van der Waals surface area contributed by atoms with Crippen molar-refractivity contribution >= 4 is 11.6 Å². The molecule has 1 aromatic carbocycles. The second kappa shape index (κ2) is 4.87. The minimum absolute atomic E-state index is 0.358. The Kier molecular flexibility index (Phi) is 3.64. The van der Waals surface area contributed by atoms with E-state index in [-0.39, 0.29) is 0 Å². The van der Waals surface area contributed by atoms with Gasteiger partial charge in [-0.25, -0.2) is 0 Å². The lowest BCUT2D eigenvalue weighted by atomic mass is 9.93. The molecule has 1 unspecified atom stereocenters. The predicted octanol–water partition coefficient (Wildman–Crippen LogP) is 3.78. The minimum Gasteiger partial charge on any atom is -0.493 e. The summed E-state index contributed by atoms with van der Waals surface area (Å²) >= 11 is 6.33. The number of hydrogen-bond acceptors (Lipinski definition) is 2. The van der Waals surface area contributed by atoms with Crippen LogP contribution in [0.4, 0.5) is 0 Å². The molecule has 0 aromatic heterocycles. The van der Waals surface area contributed by atoms with Gasteiger partial charge in [-0.2, -0.15) is 0 Å². The molecule has 0 aliphatic carbocycles. The molecule has 17 heavy (non-hydrogen) atoms. The second-order valence-corrected chi connectivity index (χ2v) is 5.43. The number of aryl methyl sites for hydroxylation is 1. The molecule has 2 rings (SSSR count). The number of benzene rings is 1. The molecule has 1 aliphatic rings. The highest BCUT2D eigenvalue weighted by Crippen LogP contribution is 2.39. The molecule has 1 heterocycles. The van der Waals surface area contributed by atoms with Crippen LogP contribution in [0.5, 0.6) is 5.75 Å². The molecule has 0 amide bonds. The summed E-state index contributed by atoms with van der Waals surface area (Å²) in [5.41, 5.74) is 3.48. The Bertz CT molecular complexity index is 429. The van der Waals surface area contributed by atoms with Crippen LogP contribution in [0.3, 0.4) is 0 Å². The monoisotopic (exact) mass is 253 g/mol. The second-order valence-electron chi connectivity index (χ2n) is 5.06. The van der Waals surface area contributed by atoms with E-state index in [1.807, 2.05) is 6.92 Å². The van der Waals surface area contributed by atoms with Crippen LogP contribution in [0.15, 0.2) is 6.07 Å². The Hall–Kier alpha value is -0.730. The van der Waals surface area contributed by atoms with E-state index in [9.17, 15) is 0 Å². The van der Waals surface area contributed by atoms with E-state index in [1.165, 1.54) is 5.56 Å². The lowest BCUT2D eigenvalue weighted by Gasteiger charge is -2.30. The van der Waals surface area contributed by atoms with Crippen LogP contribution in [0.25, 0.3) is 0 Å². The highest BCUT2D eigenvalue weighted by molar-refractivity contribution is 6.32. The van der Waals surface area contributed by atoms with E-state index < -0.39 is 0 Å². The number of hydrogen-bond donors (Lipinski definition) is 1. The zero-order valence-corrected chi connectivity index (χ0v) is 11.7. The molecule has 1 N–H and O–H groups in total. The van der Waals surface area contributed by atoms with E-state index in [0.717, 1.165) is 34.9 Å². The van der Waals surface area contributed by atoms with Crippen molar-refractivity contribution in [2.24, 2.45) is 0 Å². The maximum Gasteiger partial charge on any atom is 0.124 e. The maximum atomic E-state index is 6.33. The number of halogens is 1. The first kappa shape index (κ1) is 12.7. The molecule has 1 aromatic rings. The van der Waals surface area contributed by atoms with E-state index in [4.69, 9.17) is 16.3 Å². The zero-order valence-electron chi connectivity index (χ0n) is 10.9. The molecule has 2 nitrogen and oxygen atoms in total. The Morgan fingerprint density at radius 3 is 2.76 bits per heavy atom. The van der Waals surface area contributed by atoms with E-state index in [1.54, 1.807) is 0 Å². The van der Waals surface area contributed by atoms with Crippen LogP contribution in [0, 0.1) is 13.8 Å². The first-order valence-corrected chi connectivity index (χ1v) is 6.57. The van der Waals surface area contributed by atoms with Gasteiger partial charge in [-0.1, -0.05) is 25.4 Å². The summed E-state index contributed by atoms with van der Waals surface area (Å²) in [6.45, 7) is 9.22. The molecular weight excluding hydrogens is 234 g/mol. The van der Waals surface area contributed by atoms with Gasteiger partial charge in [0.25, 0.3) is 0 Å². The van der Waals surface area contributed by atoms with Crippen molar-refractivity contribution in [2.45, 2.75) is 46.2 Å². The molecular formula is C14H20ClNO. The molecule has 1 aliphatic heterocycles. The molecule has 94 valence electrons. The molecule has 0 bridgehead atoms. The van der Waals surface area contributed by atoms with Crippen LogP contribution >= 0.6 is 11.6 Å². The Labute approximate surface area is 108 Å². The summed E-state index contributed by atoms with van der Waals surface area (Å²) in [6.07, 6.45) is 1.01. The lowest BCUT2D eigenvalue weighted by Crippen LogP contribution is -2.32. The SMILES string of the molecule is Cc1cc2c(c(C)c1Cl)C(NC(C)C)CCO2. The summed E-state index contributed by atoms with van der Waals surface area (Å²) in [4.78, 5) is 0. The zero-order chi connectivity index (χ0) is 12.6. The average Bonchev–Trinajstić information content (AvgIpc) is 2.25. The van der Waals surface area contributed by atoms with Gasteiger partial charge in [0.05, 0.1) is 6.61 Å². The van der Waals surface area contributed by atoms with Gasteiger partial charge in [-0.05, 0) is 31.0 Å². The highest BCUT2D eigenvalue weighted by atomic mass is 35.5. The molecule has 0 saturated heterocycles. The number of fused-ring (bicyclic) bond motifs is 1. The van der Waals surface area contributed by atoms with Gasteiger partial charge in [0, 0.05) is 29.1 Å². The summed E-state index contributed by atoms with van der Waals surface area (Å²) < 4.78 is 5.75. The molecule has 0 fully saturated rings. The van der Waals surface area contributed by atoms with E-state index in [2.05, 4.69) is 32.2 Å². The quantitative estimate of drug-likeness (QED) is 0.866. The normalized spacial score (nSPS) is 19.1. The summed E-state index contributed by atoms with van der Waals surface area (Å²) in [6, 6.07) is 2.88. The average molecular weight is 254 g/mol. The minimum atomic E-state index is 0.358. The van der Waals surface area contributed by atoms with E-state index >= 15 is 0 Å². The third kappa shape index (κ3) is 2.43.